The molecular formula is C22H26N4O2. The maximum absolute atomic E-state index is 12.7. The lowest BCUT2D eigenvalue weighted by Crippen LogP contribution is -2.32. The molecule has 3 amide bonds. The molecule has 1 saturated heterocycles. The van der Waals surface area contributed by atoms with Crippen molar-refractivity contribution in [2.24, 2.45) is 5.92 Å². The van der Waals surface area contributed by atoms with Gasteiger partial charge in [-0.2, -0.15) is 0 Å². The van der Waals surface area contributed by atoms with E-state index in [2.05, 4.69) is 10.3 Å². The van der Waals surface area contributed by atoms with Crippen molar-refractivity contribution in [1.29, 1.82) is 0 Å². The minimum Gasteiger partial charge on any atom is -0.324 e. The van der Waals surface area contributed by atoms with Crippen molar-refractivity contribution in [3.8, 4) is 0 Å². The molecule has 1 aliphatic carbocycles. The minimum atomic E-state index is -0.0321. The zero-order valence-electron chi connectivity index (χ0n) is 16.0. The Bertz CT molecular complexity index is 816. The fourth-order valence-electron chi connectivity index (χ4n) is 3.97. The third-order valence-corrected chi connectivity index (χ3v) is 5.58. The number of aromatic nitrogens is 1. The summed E-state index contributed by atoms with van der Waals surface area (Å²) in [7, 11) is 0. The summed E-state index contributed by atoms with van der Waals surface area (Å²) in [4.78, 5) is 33.0. The predicted octanol–water partition coefficient (Wildman–Crippen LogP) is 4.04. The average molecular weight is 378 g/mol. The molecule has 4 rings (SSSR count). The Kier molecular flexibility index (Phi) is 5.55. The van der Waals surface area contributed by atoms with Gasteiger partial charge >= 0.3 is 6.03 Å². The van der Waals surface area contributed by atoms with Crippen LogP contribution in [0.25, 0.3) is 0 Å². The number of nitrogens with one attached hydrogen (secondary N) is 1. The van der Waals surface area contributed by atoms with Crippen molar-refractivity contribution >= 4 is 23.4 Å². The number of anilines is 2. The molecule has 1 aliphatic heterocycles. The molecule has 146 valence electrons. The normalized spacial score (nSPS) is 17.8. The fraction of sp³-hybridized carbons (Fsp3) is 0.409. The van der Waals surface area contributed by atoms with E-state index in [1.54, 1.807) is 17.2 Å². The van der Waals surface area contributed by atoms with Gasteiger partial charge in [0.05, 0.1) is 11.9 Å². The SMILES string of the molecule is O=C(Nc1ccc(N2CCN(Cc3ccccc3)C2=O)nc1)C1CCCCC1. The highest BCUT2D eigenvalue weighted by Gasteiger charge is 2.30. The number of urea groups is 1. The van der Waals surface area contributed by atoms with Crippen molar-refractivity contribution < 1.29 is 9.59 Å². The summed E-state index contributed by atoms with van der Waals surface area (Å²) in [6, 6.07) is 13.6. The highest BCUT2D eigenvalue weighted by molar-refractivity contribution is 5.94. The Hall–Kier alpha value is -2.89. The van der Waals surface area contributed by atoms with Crippen LogP contribution in [0.3, 0.4) is 0 Å². The quantitative estimate of drug-likeness (QED) is 0.854. The molecule has 1 saturated carbocycles. The first-order valence-electron chi connectivity index (χ1n) is 10.1. The minimum absolute atomic E-state index is 0.0321. The first-order valence-corrected chi connectivity index (χ1v) is 10.1. The largest absolute Gasteiger partial charge is 0.326 e. The van der Waals surface area contributed by atoms with Crippen LogP contribution in [-0.2, 0) is 11.3 Å². The van der Waals surface area contributed by atoms with Crippen LogP contribution in [0.4, 0.5) is 16.3 Å². The summed E-state index contributed by atoms with van der Waals surface area (Å²) in [5.41, 5.74) is 1.80. The summed E-state index contributed by atoms with van der Waals surface area (Å²) >= 11 is 0. The van der Waals surface area contributed by atoms with E-state index >= 15 is 0 Å². The molecule has 0 bridgehead atoms. The standard InChI is InChI=1S/C22H26N4O2/c27-21(18-9-5-2-6-10-18)24-19-11-12-20(23-15-19)26-14-13-25(22(26)28)16-17-7-3-1-4-8-17/h1,3-4,7-8,11-12,15,18H,2,5-6,9-10,13-14,16H2,(H,24,27). The molecule has 1 aromatic heterocycles. The maximum atomic E-state index is 12.7. The van der Waals surface area contributed by atoms with Crippen LogP contribution in [0.15, 0.2) is 48.7 Å². The number of benzene rings is 1. The van der Waals surface area contributed by atoms with E-state index < -0.39 is 0 Å². The first-order chi connectivity index (χ1) is 13.7. The van der Waals surface area contributed by atoms with E-state index in [1.807, 2.05) is 41.3 Å². The van der Waals surface area contributed by atoms with E-state index in [0.29, 0.717) is 31.1 Å². The molecule has 2 heterocycles. The molecule has 1 N–H and O–H groups in total. The fourth-order valence-corrected chi connectivity index (χ4v) is 3.97. The van der Waals surface area contributed by atoms with E-state index in [4.69, 9.17) is 0 Å². The van der Waals surface area contributed by atoms with Crippen LogP contribution in [-0.4, -0.2) is 34.9 Å². The monoisotopic (exact) mass is 378 g/mol. The van der Waals surface area contributed by atoms with Crippen molar-refractivity contribution in [3.05, 3.63) is 54.2 Å². The van der Waals surface area contributed by atoms with Crippen LogP contribution < -0.4 is 10.2 Å². The Labute approximate surface area is 165 Å². The van der Waals surface area contributed by atoms with Gasteiger partial charge in [-0.15, -0.1) is 0 Å². The second kappa shape index (κ2) is 8.42. The van der Waals surface area contributed by atoms with E-state index in [0.717, 1.165) is 31.2 Å². The van der Waals surface area contributed by atoms with Gasteiger partial charge in [0.1, 0.15) is 5.82 Å². The van der Waals surface area contributed by atoms with Crippen LogP contribution >= 0.6 is 0 Å². The first kappa shape index (κ1) is 18.5. The van der Waals surface area contributed by atoms with Crippen LogP contribution in [0, 0.1) is 5.92 Å². The molecule has 6 heteroatoms. The second-order valence-electron chi connectivity index (χ2n) is 7.57. The molecule has 2 aliphatic rings. The number of carbonyl (C=O) groups excluding carboxylic acids is 2. The van der Waals surface area contributed by atoms with Gasteiger partial charge in [0.25, 0.3) is 0 Å². The molecule has 2 fully saturated rings. The molecule has 0 atom stereocenters. The van der Waals surface area contributed by atoms with Crippen LogP contribution in [0.1, 0.15) is 37.7 Å². The van der Waals surface area contributed by atoms with Gasteiger partial charge in [0.15, 0.2) is 0 Å². The van der Waals surface area contributed by atoms with Crippen molar-refractivity contribution in [2.45, 2.75) is 38.6 Å². The number of rotatable bonds is 5. The number of pyridine rings is 1. The van der Waals surface area contributed by atoms with E-state index in [1.165, 1.54) is 6.42 Å². The Morgan fingerprint density at radius 3 is 2.54 bits per heavy atom. The molecule has 0 spiro atoms. The number of amides is 3. The van der Waals surface area contributed by atoms with Gasteiger partial charge in [-0.05, 0) is 30.5 Å². The summed E-state index contributed by atoms with van der Waals surface area (Å²) in [5, 5.41) is 2.97. The van der Waals surface area contributed by atoms with E-state index in [-0.39, 0.29) is 17.9 Å². The summed E-state index contributed by atoms with van der Waals surface area (Å²) in [6.07, 6.45) is 7.07. The van der Waals surface area contributed by atoms with Gasteiger partial charge in [0.2, 0.25) is 5.91 Å². The average Bonchev–Trinajstić information content (AvgIpc) is 3.10. The smallest absolute Gasteiger partial charge is 0.324 e. The Balaban J connectivity index is 1.36. The third kappa shape index (κ3) is 4.16. The molecule has 0 radical (unpaired) electrons. The summed E-state index contributed by atoms with van der Waals surface area (Å²) in [5.74, 6) is 0.817. The van der Waals surface area contributed by atoms with Crippen molar-refractivity contribution in [3.63, 3.8) is 0 Å². The second-order valence-corrected chi connectivity index (χ2v) is 7.57. The van der Waals surface area contributed by atoms with Gasteiger partial charge < -0.3 is 10.2 Å². The van der Waals surface area contributed by atoms with Crippen molar-refractivity contribution in [2.75, 3.05) is 23.3 Å². The van der Waals surface area contributed by atoms with Crippen LogP contribution in [0.2, 0.25) is 0 Å². The topological polar surface area (TPSA) is 65.5 Å². The van der Waals surface area contributed by atoms with Gasteiger partial charge in [0, 0.05) is 25.6 Å². The van der Waals surface area contributed by atoms with Gasteiger partial charge in [-0.3, -0.25) is 9.69 Å². The number of carbonyl (C=O) groups is 2. The predicted molar refractivity (Wildman–Crippen MR) is 109 cm³/mol. The Morgan fingerprint density at radius 1 is 1.04 bits per heavy atom. The number of hydrogen-bond acceptors (Lipinski definition) is 3. The van der Waals surface area contributed by atoms with Gasteiger partial charge in [-0.1, -0.05) is 49.6 Å². The third-order valence-electron chi connectivity index (χ3n) is 5.58. The number of nitrogens with zero attached hydrogens (tertiary/aromatic N) is 3. The highest BCUT2D eigenvalue weighted by atomic mass is 16.2. The molecule has 1 aromatic carbocycles. The molecular weight excluding hydrogens is 352 g/mol. The van der Waals surface area contributed by atoms with Gasteiger partial charge in [-0.25, -0.2) is 9.78 Å². The molecule has 6 nitrogen and oxygen atoms in total. The lowest BCUT2D eigenvalue weighted by Gasteiger charge is -2.21. The highest BCUT2D eigenvalue weighted by Crippen LogP contribution is 2.26. The molecule has 0 unspecified atom stereocenters. The Morgan fingerprint density at radius 2 is 1.82 bits per heavy atom. The lowest BCUT2D eigenvalue weighted by molar-refractivity contribution is -0.120. The zero-order chi connectivity index (χ0) is 19.3. The lowest BCUT2D eigenvalue weighted by atomic mass is 9.88. The van der Waals surface area contributed by atoms with E-state index in [9.17, 15) is 9.59 Å². The van der Waals surface area contributed by atoms with Crippen LogP contribution in [0.5, 0.6) is 0 Å². The molecule has 2 aromatic rings. The van der Waals surface area contributed by atoms with Crippen molar-refractivity contribution in [1.82, 2.24) is 9.88 Å². The molecule has 28 heavy (non-hydrogen) atoms. The number of hydrogen-bond donors (Lipinski definition) is 1. The summed E-state index contributed by atoms with van der Waals surface area (Å²) < 4.78 is 0. The summed E-state index contributed by atoms with van der Waals surface area (Å²) in [6.45, 7) is 1.90. The zero-order valence-corrected chi connectivity index (χ0v) is 16.0. The maximum Gasteiger partial charge on any atom is 0.326 e.